The number of rotatable bonds is 3. The summed E-state index contributed by atoms with van der Waals surface area (Å²) in [7, 11) is 0. The van der Waals surface area contributed by atoms with Crippen molar-refractivity contribution in [2.45, 2.75) is 26.8 Å². The average Bonchev–Trinajstić information content (AvgIpc) is 2.91. The van der Waals surface area contributed by atoms with Crippen LogP contribution in [0.4, 0.5) is 9.39 Å². The van der Waals surface area contributed by atoms with Gasteiger partial charge in [-0.15, -0.1) is 11.3 Å². The summed E-state index contributed by atoms with van der Waals surface area (Å²) in [5, 5.41) is 0.777. The number of nitrogens with zero attached hydrogens (tertiary/aromatic N) is 2. The Bertz CT molecular complexity index is 773. The molecule has 0 amide bonds. The Balaban J connectivity index is 2.29. The summed E-state index contributed by atoms with van der Waals surface area (Å²) in [6.07, 6.45) is 0.967. The molecule has 3 nitrogen and oxygen atoms in total. The van der Waals surface area contributed by atoms with E-state index in [0.717, 1.165) is 45.3 Å². The number of hydrogen-bond acceptors (Lipinski definition) is 3. The lowest BCUT2D eigenvalue weighted by atomic mass is 10.2. The van der Waals surface area contributed by atoms with Crippen LogP contribution in [0.1, 0.15) is 18.9 Å². The number of halogens is 1. The maximum absolute atomic E-state index is 13.5. The van der Waals surface area contributed by atoms with Gasteiger partial charge in [-0.05, 0) is 43.2 Å². The number of aromatic nitrogens is 2. The fraction of sp³-hybridized carbons (Fsp3) is 0.267. The maximum Gasteiger partial charge on any atom is 0.151 e. The molecule has 0 radical (unpaired) electrons. The van der Waals surface area contributed by atoms with E-state index in [1.807, 2.05) is 13.0 Å². The van der Waals surface area contributed by atoms with E-state index in [9.17, 15) is 4.39 Å². The molecule has 0 atom stereocenters. The van der Waals surface area contributed by atoms with Gasteiger partial charge < -0.3 is 10.3 Å². The Hall–Kier alpha value is -1.88. The predicted molar refractivity (Wildman–Crippen MR) is 82.4 cm³/mol. The van der Waals surface area contributed by atoms with Crippen LogP contribution in [-0.4, -0.2) is 9.55 Å². The summed E-state index contributed by atoms with van der Waals surface area (Å²) in [5.41, 5.74) is 8.65. The molecule has 0 saturated heterocycles. The molecule has 3 aromatic rings. The number of fused-ring (bicyclic) bond motifs is 1. The van der Waals surface area contributed by atoms with Gasteiger partial charge >= 0.3 is 0 Å². The molecule has 3 rings (SSSR count). The molecule has 0 aliphatic rings. The van der Waals surface area contributed by atoms with Crippen LogP contribution in [0.25, 0.3) is 21.7 Å². The van der Waals surface area contributed by atoms with Gasteiger partial charge in [0, 0.05) is 6.54 Å². The van der Waals surface area contributed by atoms with Crippen molar-refractivity contribution in [1.82, 2.24) is 9.55 Å². The van der Waals surface area contributed by atoms with E-state index >= 15 is 0 Å². The predicted octanol–water partition coefficient (Wildman–Crippen LogP) is 4.20. The van der Waals surface area contributed by atoms with E-state index in [0.29, 0.717) is 0 Å². The van der Waals surface area contributed by atoms with Crippen LogP contribution >= 0.6 is 11.3 Å². The minimum Gasteiger partial charge on any atom is -0.391 e. The van der Waals surface area contributed by atoms with Gasteiger partial charge in [-0.1, -0.05) is 6.92 Å². The smallest absolute Gasteiger partial charge is 0.151 e. The molecule has 2 N–H and O–H groups in total. The zero-order chi connectivity index (χ0) is 14.3. The fourth-order valence-electron chi connectivity index (χ4n) is 2.45. The summed E-state index contributed by atoms with van der Waals surface area (Å²) in [4.78, 5) is 5.73. The van der Waals surface area contributed by atoms with E-state index in [-0.39, 0.29) is 5.82 Å². The highest BCUT2D eigenvalue weighted by molar-refractivity contribution is 7.19. The Kier molecular flexibility index (Phi) is 3.22. The SMILES string of the molecule is CCCn1c(-c2sc(N)cc2C)nc2ccc(F)cc21. The van der Waals surface area contributed by atoms with Gasteiger partial charge in [-0.3, -0.25) is 0 Å². The number of anilines is 1. The topological polar surface area (TPSA) is 43.8 Å². The number of benzene rings is 1. The summed E-state index contributed by atoms with van der Waals surface area (Å²) in [6, 6.07) is 6.68. The lowest BCUT2D eigenvalue weighted by Crippen LogP contribution is -1.99. The molecule has 2 heterocycles. The molecule has 1 aromatic carbocycles. The van der Waals surface area contributed by atoms with Crippen molar-refractivity contribution >= 4 is 27.4 Å². The molecule has 0 saturated carbocycles. The molecule has 0 fully saturated rings. The normalized spacial score (nSPS) is 11.3. The average molecular weight is 289 g/mol. The minimum atomic E-state index is -0.233. The Morgan fingerprint density at radius 1 is 1.35 bits per heavy atom. The standard InChI is InChI=1S/C15H16FN3S/c1-3-6-19-12-8-10(16)4-5-11(12)18-15(19)14-9(2)7-13(17)20-14/h4-5,7-8H,3,6,17H2,1-2H3. The summed E-state index contributed by atoms with van der Waals surface area (Å²) in [5.74, 6) is 0.648. The van der Waals surface area contributed by atoms with Gasteiger partial charge in [0.15, 0.2) is 5.82 Å². The van der Waals surface area contributed by atoms with Crippen LogP contribution in [-0.2, 0) is 6.54 Å². The van der Waals surface area contributed by atoms with Crippen molar-refractivity contribution in [2.75, 3.05) is 5.73 Å². The van der Waals surface area contributed by atoms with Crippen LogP contribution in [0.5, 0.6) is 0 Å². The number of aryl methyl sites for hydroxylation is 2. The van der Waals surface area contributed by atoms with Crippen LogP contribution in [0, 0.1) is 12.7 Å². The number of nitrogens with two attached hydrogens (primary N) is 1. The highest BCUT2D eigenvalue weighted by Crippen LogP contribution is 2.35. The van der Waals surface area contributed by atoms with Crippen molar-refractivity contribution in [2.24, 2.45) is 0 Å². The van der Waals surface area contributed by atoms with Gasteiger partial charge in [0.2, 0.25) is 0 Å². The number of hydrogen-bond donors (Lipinski definition) is 1. The number of thiophene rings is 1. The molecule has 0 aliphatic heterocycles. The Morgan fingerprint density at radius 3 is 2.80 bits per heavy atom. The molecule has 0 unspecified atom stereocenters. The van der Waals surface area contributed by atoms with Crippen LogP contribution in [0.3, 0.4) is 0 Å². The van der Waals surface area contributed by atoms with Crippen molar-refractivity contribution in [3.05, 3.63) is 35.6 Å². The van der Waals surface area contributed by atoms with Crippen molar-refractivity contribution in [3.63, 3.8) is 0 Å². The highest BCUT2D eigenvalue weighted by Gasteiger charge is 2.16. The molecule has 2 aromatic heterocycles. The Labute approximate surface area is 120 Å². The van der Waals surface area contributed by atoms with E-state index in [2.05, 4.69) is 16.5 Å². The molecule has 104 valence electrons. The largest absolute Gasteiger partial charge is 0.391 e. The van der Waals surface area contributed by atoms with Crippen molar-refractivity contribution in [3.8, 4) is 10.7 Å². The van der Waals surface area contributed by atoms with Gasteiger partial charge in [0.05, 0.1) is 20.9 Å². The van der Waals surface area contributed by atoms with E-state index in [1.54, 1.807) is 12.1 Å². The second-order valence-electron chi connectivity index (χ2n) is 4.88. The molecular weight excluding hydrogens is 273 g/mol. The number of imidazole rings is 1. The van der Waals surface area contributed by atoms with Crippen molar-refractivity contribution in [1.29, 1.82) is 0 Å². The molecule has 0 bridgehead atoms. The lowest BCUT2D eigenvalue weighted by Gasteiger charge is -2.07. The lowest BCUT2D eigenvalue weighted by molar-refractivity contribution is 0.627. The molecule has 0 spiro atoms. The molecule has 0 aliphatic carbocycles. The first-order chi connectivity index (χ1) is 9.60. The second kappa shape index (κ2) is 4.90. The maximum atomic E-state index is 13.5. The van der Waals surface area contributed by atoms with Crippen LogP contribution in [0.2, 0.25) is 0 Å². The van der Waals surface area contributed by atoms with Crippen molar-refractivity contribution < 1.29 is 4.39 Å². The second-order valence-corrected chi connectivity index (χ2v) is 5.96. The third-order valence-electron chi connectivity index (χ3n) is 3.30. The van der Waals surface area contributed by atoms with Gasteiger partial charge in [-0.25, -0.2) is 9.37 Å². The van der Waals surface area contributed by atoms with E-state index in [4.69, 9.17) is 5.73 Å². The van der Waals surface area contributed by atoms with Gasteiger partial charge in [-0.2, -0.15) is 0 Å². The summed E-state index contributed by atoms with van der Waals surface area (Å²) >= 11 is 1.53. The van der Waals surface area contributed by atoms with Crippen LogP contribution < -0.4 is 5.73 Å². The zero-order valence-electron chi connectivity index (χ0n) is 11.5. The fourth-order valence-corrected chi connectivity index (χ4v) is 3.39. The zero-order valence-corrected chi connectivity index (χ0v) is 12.3. The van der Waals surface area contributed by atoms with Crippen LogP contribution in [0.15, 0.2) is 24.3 Å². The molecule has 5 heteroatoms. The first-order valence-electron chi connectivity index (χ1n) is 6.62. The number of nitrogen functional groups attached to an aromatic ring is 1. The minimum absolute atomic E-state index is 0.233. The third kappa shape index (κ3) is 2.08. The summed E-state index contributed by atoms with van der Waals surface area (Å²) in [6.45, 7) is 4.94. The monoisotopic (exact) mass is 289 g/mol. The molecule has 20 heavy (non-hydrogen) atoms. The first-order valence-corrected chi connectivity index (χ1v) is 7.44. The van der Waals surface area contributed by atoms with Gasteiger partial charge in [0.1, 0.15) is 5.82 Å². The highest BCUT2D eigenvalue weighted by atomic mass is 32.1. The van der Waals surface area contributed by atoms with E-state index < -0.39 is 0 Å². The first kappa shape index (κ1) is 13.1. The van der Waals surface area contributed by atoms with Gasteiger partial charge in [0.25, 0.3) is 0 Å². The third-order valence-corrected chi connectivity index (χ3v) is 4.36. The van der Waals surface area contributed by atoms with E-state index in [1.165, 1.54) is 17.4 Å². The Morgan fingerprint density at radius 2 is 2.15 bits per heavy atom. The molecular formula is C15H16FN3S. The quantitative estimate of drug-likeness (QED) is 0.785. The summed E-state index contributed by atoms with van der Waals surface area (Å²) < 4.78 is 15.6.